The van der Waals surface area contributed by atoms with Gasteiger partial charge in [0, 0.05) is 18.0 Å². The van der Waals surface area contributed by atoms with Gasteiger partial charge >= 0.3 is 0 Å². The predicted molar refractivity (Wildman–Crippen MR) is 124 cm³/mol. The molecular formula is C26H30N2O3. The molecule has 2 atom stereocenters. The Bertz CT molecular complexity index is 1010. The van der Waals surface area contributed by atoms with Crippen molar-refractivity contribution >= 4 is 22.6 Å². The van der Waals surface area contributed by atoms with E-state index in [1.54, 1.807) is 11.8 Å². The summed E-state index contributed by atoms with van der Waals surface area (Å²) in [5, 5.41) is 4.98. The van der Waals surface area contributed by atoms with E-state index in [1.807, 2.05) is 86.6 Å². The van der Waals surface area contributed by atoms with Gasteiger partial charge in [0.25, 0.3) is 5.91 Å². The number of hydrogen-bond donors (Lipinski definition) is 1. The number of rotatable bonds is 9. The minimum atomic E-state index is -0.613. The molecule has 0 aliphatic heterocycles. The molecule has 5 nitrogen and oxygen atoms in total. The molecule has 0 spiro atoms. The first kappa shape index (κ1) is 22.3. The van der Waals surface area contributed by atoms with Crippen LogP contribution in [-0.2, 0) is 16.1 Å². The summed E-state index contributed by atoms with van der Waals surface area (Å²) in [5.74, 6) is 0.259. The molecule has 0 unspecified atom stereocenters. The number of ether oxygens (including phenoxy) is 1. The van der Waals surface area contributed by atoms with Crippen molar-refractivity contribution in [2.45, 2.75) is 45.8 Å². The minimum absolute atomic E-state index is 0.0514. The smallest absolute Gasteiger partial charge is 0.261 e. The van der Waals surface area contributed by atoms with Crippen molar-refractivity contribution in [3.05, 3.63) is 78.4 Å². The molecule has 0 aliphatic carbocycles. The van der Waals surface area contributed by atoms with Crippen LogP contribution in [0.1, 0.15) is 32.8 Å². The molecule has 0 heterocycles. The highest BCUT2D eigenvalue weighted by Crippen LogP contribution is 2.25. The maximum atomic E-state index is 13.2. The van der Waals surface area contributed by atoms with Crippen molar-refractivity contribution in [2.24, 2.45) is 0 Å². The van der Waals surface area contributed by atoms with Crippen molar-refractivity contribution in [3.63, 3.8) is 0 Å². The lowest BCUT2D eigenvalue weighted by Crippen LogP contribution is -2.50. The van der Waals surface area contributed by atoms with Gasteiger partial charge in [-0.05, 0) is 37.3 Å². The van der Waals surface area contributed by atoms with Crippen molar-refractivity contribution in [1.29, 1.82) is 0 Å². The van der Waals surface area contributed by atoms with Crippen LogP contribution in [0.25, 0.3) is 10.8 Å². The van der Waals surface area contributed by atoms with Gasteiger partial charge in [0.05, 0.1) is 0 Å². The fraction of sp³-hybridized carbons (Fsp3) is 0.308. The van der Waals surface area contributed by atoms with Crippen molar-refractivity contribution in [2.75, 3.05) is 6.61 Å². The topological polar surface area (TPSA) is 58.6 Å². The summed E-state index contributed by atoms with van der Waals surface area (Å²) in [4.78, 5) is 27.5. The van der Waals surface area contributed by atoms with Crippen LogP contribution in [0.2, 0.25) is 0 Å². The highest BCUT2D eigenvalue weighted by atomic mass is 16.5. The fourth-order valence-electron chi connectivity index (χ4n) is 3.37. The number of nitrogens with one attached hydrogen (secondary N) is 1. The largest absolute Gasteiger partial charge is 0.483 e. The zero-order chi connectivity index (χ0) is 22.2. The van der Waals surface area contributed by atoms with Gasteiger partial charge < -0.3 is 15.0 Å². The van der Waals surface area contributed by atoms with Gasteiger partial charge in [0.15, 0.2) is 6.61 Å². The SMILES string of the molecule is CC[C@H](C)NC(=O)[C@@H](C)N(Cc1ccccc1)C(=O)COc1cccc2ccccc12. The molecule has 0 bridgehead atoms. The monoisotopic (exact) mass is 418 g/mol. The van der Waals surface area contributed by atoms with Gasteiger partial charge in [-0.1, -0.05) is 73.7 Å². The Labute approximate surface area is 184 Å². The van der Waals surface area contributed by atoms with Crippen LogP contribution in [0.5, 0.6) is 5.75 Å². The van der Waals surface area contributed by atoms with Crippen molar-refractivity contribution in [1.82, 2.24) is 10.2 Å². The Morgan fingerprint density at radius 1 is 0.935 bits per heavy atom. The summed E-state index contributed by atoms with van der Waals surface area (Å²) < 4.78 is 5.91. The van der Waals surface area contributed by atoms with Gasteiger partial charge in [0.1, 0.15) is 11.8 Å². The summed E-state index contributed by atoms with van der Waals surface area (Å²) in [6.07, 6.45) is 0.829. The number of nitrogens with zero attached hydrogens (tertiary/aromatic N) is 1. The number of hydrogen-bond acceptors (Lipinski definition) is 3. The number of amides is 2. The third-order valence-electron chi connectivity index (χ3n) is 5.46. The van der Waals surface area contributed by atoms with E-state index in [1.165, 1.54) is 0 Å². The second kappa shape index (κ2) is 10.6. The number of fused-ring (bicyclic) bond motifs is 1. The van der Waals surface area contributed by atoms with Crippen LogP contribution in [0.15, 0.2) is 72.8 Å². The lowest BCUT2D eigenvalue weighted by atomic mass is 10.1. The summed E-state index contributed by atoms with van der Waals surface area (Å²) >= 11 is 0. The first-order valence-electron chi connectivity index (χ1n) is 10.7. The molecule has 5 heteroatoms. The van der Waals surface area contributed by atoms with E-state index in [-0.39, 0.29) is 24.5 Å². The molecule has 0 fully saturated rings. The van der Waals surface area contributed by atoms with E-state index < -0.39 is 6.04 Å². The Kier molecular flexibility index (Phi) is 7.65. The first-order chi connectivity index (χ1) is 15.0. The number of carbonyl (C=O) groups excluding carboxylic acids is 2. The highest BCUT2D eigenvalue weighted by Gasteiger charge is 2.27. The average molecular weight is 419 g/mol. The quantitative estimate of drug-likeness (QED) is 0.555. The molecule has 0 aliphatic rings. The van der Waals surface area contributed by atoms with Gasteiger partial charge in [-0.15, -0.1) is 0 Å². The minimum Gasteiger partial charge on any atom is -0.483 e. The second-order valence-electron chi connectivity index (χ2n) is 7.77. The Morgan fingerprint density at radius 2 is 1.61 bits per heavy atom. The molecule has 0 saturated carbocycles. The molecule has 3 aromatic carbocycles. The van der Waals surface area contributed by atoms with Gasteiger partial charge in [0.2, 0.25) is 5.91 Å². The molecule has 3 rings (SSSR count). The first-order valence-corrected chi connectivity index (χ1v) is 10.7. The zero-order valence-electron chi connectivity index (χ0n) is 18.4. The number of benzene rings is 3. The Hall–Kier alpha value is -3.34. The standard InChI is InChI=1S/C26H30N2O3/c1-4-19(2)27-26(30)20(3)28(17-21-11-6-5-7-12-21)25(29)18-31-24-16-10-14-22-13-8-9-15-23(22)24/h5-16,19-20H,4,17-18H2,1-3H3,(H,27,30)/t19-,20+/m0/s1. The van der Waals surface area contributed by atoms with E-state index in [0.29, 0.717) is 12.3 Å². The maximum Gasteiger partial charge on any atom is 0.261 e. The molecule has 0 radical (unpaired) electrons. The van der Waals surface area contributed by atoms with E-state index in [4.69, 9.17) is 4.74 Å². The highest BCUT2D eigenvalue weighted by molar-refractivity contribution is 5.90. The lowest BCUT2D eigenvalue weighted by Gasteiger charge is -2.29. The zero-order valence-corrected chi connectivity index (χ0v) is 18.4. The van der Waals surface area contributed by atoms with Crippen LogP contribution < -0.4 is 10.1 Å². The van der Waals surface area contributed by atoms with E-state index >= 15 is 0 Å². The molecule has 0 saturated heterocycles. The lowest BCUT2D eigenvalue weighted by molar-refractivity contribution is -0.142. The Balaban J connectivity index is 1.77. The maximum absolute atomic E-state index is 13.2. The van der Waals surface area contributed by atoms with Crippen LogP contribution in [0.4, 0.5) is 0 Å². The molecule has 1 N–H and O–H groups in total. The van der Waals surface area contributed by atoms with Crippen LogP contribution in [-0.4, -0.2) is 35.4 Å². The fourth-order valence-corrected chi connectivity index (χ4v) is 3.37. The summed E-state index contributed by atoms with van der Waals surface area (Å²) in [6.45, 7) is 5.93. The van der Waals surface area contributed by atoms with Gasteiger partial charge in [-0.3, -0.25) is 9.59 Å². The van der Waals surface area contributed by atoms with E-state index in [9.17, 15) is 9.59 Å². The van der Waals surface area contributed by atoms with Crippen molar-refractivity contribution < 1.29 is 14.3 Å². The van der Waals surface area contributed by atoms with Gasteiger partial charge in [-0.25, -0.2) is 0 Å². The van der Waals surface area contributed by atoms with E-state index in [2.05, 4.69) is 5.32 Å². The van der Waals surface area contributed by atoms with Crippen molar-refractivity contribution in [3.8, 4) is 5.75 Å². The van der Waals surface area contributed by atoms with Crippen LogP contribution in [0.3, 0.4) is 0 Å². The number of carbonyl (C=O) groups is 2. The molecule has 162 valence electrons. The third kappa shape index (κ3) is 5.85. The normalized spacial score (nSPS) is 12.7. The van der Waals surface area contributed by atoms with Gasteiger partial charge in [-0.2, -0.15) is 0 Å². The molecular weight excluding hydrogens is 388 g/mol. The summed E-state index contributed by atoms with van der Waals surface area (Å²) in [6, 6.07) is 22.8. The van der Waals surface area contributed by atoms with Crippen LogP contribution >= 0.6 is 0 Å². The predicted octanol–water partition coefficient (Wildman–Crippen LogP) is 4.55. The van der Waals surface area contributed by atoms with Crippen LogP contribution in [0, 0.1) is 0 Å². The molecule has 2 amide bonds. The molecule has 3 aromatic rings. The molecule has 0 aromatic heterocycles. The second-order valence-corrected chi connectivity index (χ2v) is 7.77. The third-order valence-corrected chi connectivity index (χ3v) is 5.46. The Morgan fingerprint density at radius 3 is 2.35 bits per heavy atom. The van der Waals surface area contributed by atoms with E-state index in [0.717, 1.165) is 22.8 Å². The summed E-state index contributed by atoms with van der Waals surface area (Å²) in [5.41, 5.74) is 0.962. The summed E-state index contributed by atoms with van der Waals surface area (Å²) in [7, 11) is 0. The average Bonchev–Trinajstić information content (AvgIpc) is 2.81. The molecule has 31 heavy (non-hydrogen) atoms.